The summed E-state index contributed by atoms with van der Waals surface area (Å²) >= 11 is 0. The molecule has 0 aliphatic heterocycles. The Bertz CT molecular complexity index is 701. The second-order valence-corrected chi connectivity index (χ2v) is 4.46. The molecular weight excluding hydrogens is 291 g/mol. The maximum Gasteiger partial charge on any atom is 0.337 e. The smallest absolute Gasteiger partial charge is 0.337 e. The predicted molar refractivity (Wildman–Crippen MR) is 78.2 cm³/mol. The summed E-state index contributed by atoms with van der Waals surface area (Å²) in [5, 5.41) is 13.8. The molecule has 0 atom stereocenters. The summed E-state index contributed by atoms with van der Waals surface area (Å²) < 4.78 is 17.6. The lowest BCUT2D eigenvalue weighted by atomic mass is 10.1. The van der Waals surface area contributed by atoms with Gasteiger partial charge >= 0.3 is 5.97 Å². The molecule has 114 valence electrons. The Morgan fingerprint density at radius 3 is 2.55 bits per heavy atom. The highest BCUT2D eigenvalue weighted by atomic mass is 19.1. The van der Waals surface area contributed by atoms with Gasteiger partial charge in [0.1, 0.15) is 11.5 Å². The van der Waals surface area contributed by atoms with E-state index in [2.05, 4.69) is 10.1 Å². The van der Waals surface area contributed by atoms with Gasteiger partial charge in [-0.15, -0.1) is 0 Å². The molecule has 0 heterocycles. The normalized spacial score (nSPS) is 10.1. The molecule has 0 fully saturated rings. The molecule has 2 aromatic rings. The van der Waals surface area contributed by atoms with Gasteiger partial charge in [0.2, 0.25) is 0 Å². The van der Waals surface area contributed by atoms with Crippen molar-refractivity contribution in [1.29, 1.82) is 0 Å². The molecule has 22 heavy (non-hydrogen) atoms. The molecule has 0 radical (unpaired) electrons. The highest BCUT2D eigenvalue weighted by Crippen LogP contribution is 2.25. The van der Waals surface area contributed by atoms with Gasteiger partial charge in [-0.1, -0.05) is 12.1 Å². The van der Waals surface area contributed by atoms with E-state index in [-0.39, 0.29) is 11.4 Å². The van der Waals surface area contributed by atoms with Crippen molar-refractivity contribution in [2.75, 3.05) is 12.4 Å². The first-order chi connectivity index (χ1) is 10.5. The highest BCUT2D eigenvalue weighted by Gasteiger charge is 2.14. The van der Waals surface area contributed by atoms with Crippen LogP contribution in [-0.2, 0) is 11.3 Å². The third-order valence-corrected chi connectivity index (χ3v) is 3.01. The van der Waals surface area contributed by atoms with Gasteiger partial charge < -0.3 is 10.1 Å². The number of hydrogen-bond acceptors (Lipinski definition) is 5. The van der Waals surface area contributed by atoms with Gasteiger partial charge in [-0.05, 0) is 29.8 Å². The number of ether oxygens (including phenoxy) is 1. The maximum absolute atomic E-state index is 13.0. The lowest BCUT2D eigenvalue weighted by Crippen LogP contribution is -2.04. The number of esters is 1. The lowest BCUT2D eigenvalue weighted by Gasteiger charge is -2.08. The molecule has 0 aromatic heterocycles. The van der Waals surface area contributed by atoms with Gasteiger partial charge in [0, 0.05) is 6.54 Å². The number of hydrogen-bond donors (Lipinski definition) is 1. The summed E-state index contributed by atoms with van der Waals surface area (Å²) in [6.45, 7) is 0.300. The number of nitrogens with zero attached hydrogens (tertiary/aromatic N) is 1. The number of nitrogens with one attached hydrogen (secondary N) is 1. The molecule has 0 saturated heterocycles. The SMILES string of the molecule is COC(=O)c1ccc(CNc2ccc(F)cc2[N+](=O)[O-])cc1. The first-order valence-electron chi connectivity index (χ1n) is 6.36. The number of anilines is 1. The van der Waals surface area contributed by atoms with Crippen LogP contribution in [0.3, 0.4) is 0 Å². The van der Waals surface area contributed by atoms with Gasteiger partial charge in [0.05, 0.1) is 23.7 Å². The summed E-state index contributed by atoms with van der Waals surface area (Å²) in [5.41, 5.74) is 1.12. The van der Waals surface area contributed by atoms with Crippen LogP contribution in [0.25, 0.3) is 0 Å². The molecule has 6 nitrogen and oxygen atoms in total. The molecule has 7 heteroatoms. The van der Waals surface area contributed by atoms with Crippen molar-refractivity contribution < 1.29 is 18.8 Å². The zero-order valence-corrected chi connectivity index (χ0v) is 11.7. The number of rotatable bonds is 5. The Kier molecular flexibility index (Phi) is 4.67. The number of carbonyl (C=O) groups excluding carboxylic acids is 1. The molecule has 0 spiro atoms. The van der Waals surface area contributed by atoms with Crippen molar-refractivity contribution in [2.45, 2.75) is 6.54 Å². The summed E-state index contributed by atoms with van der Waals surface area (Å²) in [7, 11) is 1.30. The zero-order valence-electron chi connectivity index (χ0n) is 11.7. The van der Waals surface area contributed by atoms with Crippen LogP contribution in [-0.4, -0.2) is 18.0 Å². The largest absolute Gasteiger partial charge is 0.465 e. The first-order valence-corrected chi connectivity index (χ1v) is 6.36. The van der Waals surface area contributed by atoms with E-state index < -0.39 is 16.7 Å². The Morgan fingerprint density at radius 1 is 1.27 bits per heavy atom. The Morgan fingerprint density at radius 2 is 1.95 bits per heavy atom. The molecule has 0 aliphatic carbocycles. The molecule has 2 aromatic carbocycles. The molecule has 0 aliphatic rings. The van der Waals surface area contributed by atoms with Gasteiger partial charge in [0.15, 0.2) is 0 Å². The van der Waals surface area contributed by atoms with Crippen LogP contribution in [0.5, 0.6) is 0 Å². The Labute approximate surface area is 125 Å². The predicted octanol–water partition coefficient (Wildman–Crippen LogP) is 3.13. The standard InChI is InChI=1S/C15H13FN2O4/c1-22-15(19)11-4-2-10(3-5-11)9-17-13-7-6-12(16)8-14(13)18(20)21/h2-8,17H,9H2,1H3. The van der Waals surface area contributed by atoms with E-state index in [1.807, 2.05) is 0 Å². The van der Waals surface area contributed by atoms with Crippen LogP contribution in [0, 0.1) is 15.9 Å². The fourth-order valence-electron chi connectivity index (χ4n) is 1.88. The van der Waals surface area contributed by atoms with Crippen molar-refractivity contribution in [1.82, 2.24) is 0 Å². The molecule has 0 saturated carbocycles. The van der Waals surface area contributed by atoms with Gasteiger partial charge in [-0.25, -0.2) is 9.18 Å². The molecule has 0 amide bonds. The van der Waals surface area contributed by atoms with E-state index in [9.17, 15) is 19.3 Å². The number of benzene rings is 2. The molecule has 2 rings (SSSR count). The minimum absolute atomic E-state index is 0.225. The van der Waals surface area contributed by atoms with Crippen molar-refractivity contribution in [3.63, 3.8) is 0 Å². The number of carbonyl (C=O) groups is 1. The number of halogens is 1. The van der Waals surface area contributed by atoms with E-state index in [0.717, 1.165) is 17.7 Å². The Hall–Kier alpha value is -2.96. The van der Waals surface area contributed by atoms with E-state index >= 15 is 0 Å². The lowest BCUT2D eigenvalue weighted by molar-refractivity contribution is -0.384. The summed E-state index contributed by atoms with van der Waals surface area (Å²) in [5.74, 6) is -1.10. The monoisotopic (exact) mass is 304 g/mol. The average molecular weight is 304 g/mol. The minimum Gasteiger partial charge on any atom is -0.465 e. The van der Waals surface area contributed by atoms with Crippen LogP contribution in [0.1, 0.15) is 15.9 Å². The van der Waals surface area contributed by atoms with E-state index in [0.29, 0.717) is 12.1 Å². The highest BCUT2D eigenvalue weighted by molar-refractivity contribution is 5.89. The van der Waals surface area contributed by atoms with Crippen LogP contribution in [0.15, 0.2) is 42.5 Å². The van der Waals surface area contributed by atoms with Crippen molar-refractivity contribution >= 4 is 17.3 Å². The minimum atomic E-state index is -0.667. The Balaban J connectivity index is 2.10. The molecule has 1 N–H and O–H groups in total. The second-order valence-electron chi connectivity index (χ2n) is 4.46. The van der Waals surface area contributed by atoms with E-state index in [1.165, 1.54) is 13.2 Å². The van der Waals surface area contributed by atoms with Crippen LogP contribution >= 0.6 is 0 Å². The quantitative estimate of drug-likeness (QED) is 0.521. The average Bonchev–Trinajstić information content (AvgIpc) is 2.53. The maximum atomic E-state index is 13.0. The molecule has 0 bridgehead atoms. The van der Waals surface area contributed by atoms with Crippen molar-refractivity contribution in [3.05, 3.63) is 69.5 Å². The number of methoxy groups -OCH3 is 1. The van der Waals surface area contributed by atoms with Gasteiger partial charge in [0.25, 0.3) is 5.69 Å². The van der Waals surface area contributed by atoms with Gasteiger partial charge in [-0.2, -0.15) is 0 Å². The summed E-state index contributed by atoms with van der Waals surface area (Å²) in [6.07, 6.45) is 0. The van der Waals surface area contributed by atoms with Gasteiger partial charge in [-0.3, -0.25) is 10.1 Å². The summed E-state index contributed by atoms with van der Waals surface area (Å²) in [4.78, 5) is 21.5. The van der Waals surface area contributed by atoms with E-state index in [1.54, 1.807) is 24.3 Å². The van der Waals surface area contributed by atoms with E-state index in [4.69, 9.17) is 0 Å². The third kappa shape index (κ3) is 3.57. The first kappa shape index (κ1) is 15.4. The van der Waals surface area contributed by atoms with Crippen LogP contribution in [0.2, 0.25) is 0 Å². The van der Waals surface area contributed by atoms with Crippen molar-refractivity contribution in [3.8, 4) is 0 Å². The van der Waals surface area contributed by atoms with Crippen molar-refractivity contribution in [2.24, 2.45) is 0 Å². The second kappa shape index (κ2) is 6.66. The van der Waals surface area contributed by atoms with Crippen LogP contribution < -0.4 is 5.32 Å². The summed E-state index contributed by atoms with van der Waals surface area (Å²) in [6, 6.07) is 9.93. The fraction of sp³-hybridized carbons (Fsp3) is 0.133. The molecule has 0 unspecified atom stereocenters. The topological polar surface area (TPSA) is 81.5 Å². The number of nitro benzene ring substituents is 1. The fourth-order valence-corrected chi connectivity index (χ4v) is 1.88. The third-order valence-electron chi connectivity index (χ3n) is 3.01. The van der Waals surface area contributed by atoms with Crippen LogP contribution in [0.4, 0.5) is 15.8 Å². The zero-order chi connectivity index (χ0) is 16.1. The number of nitro groups is 1. The molecular formula is C15H13FN2O4.